The summed E-state index contributed by atoms with van der Waals surface area (Å²) in [7, 11) is 0. The van der Waals surface area contributed by atoms with Crippen molar-refractivity contribution in [3.8, 4) is 0 Å². The second-order valence-electron chi connectivity index (χ2n) is 3.80. The van der Waals surface area contributed by atoms with Gasteiger partial charge in [-0.25, -0.2) is 4.39 Å². The molecule has 0 saturated heterocycles. The number of carbonyl (C=O) groups is 1. The third kappa shape index (κ3) is 2.82. The molecule has 0 spiro atoms. The number of hydrogen-bond acceptors (Lipinski definition) is 2. The van der Waals surface area contributed by atoms with E-state index in [2.05, 4.69) is 15.9 Å². The SMILES string of the molecule is Cc1cscc1C(=O)Cc1ccc(F)cc1Br. The Balaban J connectivity index is 2.22. The number of ketones is 1. The molecule has 1 aromatic carbocycles. The molecule has 17 heavy (non-hydrogen) atoms. The lowest BCUT2D eigenvalue weighted by Gasteiger charge is -2.04. The summed E-state index contributed by atoms with van der Waals surface area (Å²) in [4.78, 5) is 12.0. The Hall–Kier alpha value is -1.00. The predicted octanol–water partition coefficient (Wildman–Crippen LogP) is 4.38. The normalized spacial score (nSPS) is 10.5. The number of hydrogen-bond donors (Lipinski definition) is 0. The van der Waals surface area contributed by atoms with E-state index in [-0.39, 0.29) is 11.6 Å². The van der Waals surface area contributed by atoms with Crippen molar-refractivity contribution in [2.45, 2.75) is 13.3 Å². The topological polar surface area (TPSA) is 17.1 Å². The van der Waals surface area contributed by atoms with E-state index in [0.29, 0.717) is 10.9 Å². The first-order valence-corrected chi connectivity index (χ1v) is 6.81. The Morgan fingerprint density at radius 1 is 1.41 bits per heavy atom. The molecule has 0 saturated carbocycles. The van der Waals surface area contributed by atoms with Crippen LogP contribution in [-0.4, -0.2) is 5.78 Å². The van der Waals surface area contributed by atoms with Gasteiger partial charge in [0.2, 0.25) is 0 Å². The van der Waals surface area contributed by atoms with E-state index in [4.69, 9.17) is 0 Å². The monoisotopic (exact) mass is 312 g/mol. The van der Waals surface area contributed by atoms with Crippen LogP contribution in [0.5, 0.6) is 0 Å². The summed E-state index contributed by atoms with van der Waals surface area (Å²) in [6.07, 6.45) is 0.290. The molecule has 0 aliphatic heterocycles. The summed E-state index contributed by atoms with van der Waals surface area (Å²) in [5, 5.41) is 3.81. The maximum absolute atomic E-state index is 12.9. The van der Waals surface area contributed by atoms with E-state index < -0.39 is 0 Å². The van der Waals surface area contributed by atoms with Crippen molar-refractivity contribution >= 4 is 33.0 Å². The number of Topliss-reactive ketones (excluding diaryl/α,β-unsaturated/α-hetero) is 1. The van der Waals surface area contributed by atoms with Crippen LogP contribution >= 0.6 is 27.3 Å². The average Bonchev–Trinajstić information content (AvgIpc) is 2.68. The number of aryl methyl sites for hydroxylation is 1. The molecule has 0 N–H and O–H groups in total. The number of benzene rings is 1. The van der Waals surface area contributed by atoms with Gasteiger partial charge in [-0.05, 0) is 35.6 Å². The Morgan fingerprint density at radius 2 is 2.18 bits per heavy atom. The number of carbonyl (C=O) groups excluding carboxylic acids is 1. The predicted molar refractivity (Wildman–Crippen MR) is 71.2 cm³/mol. The third-order valence-electron chi connectivity index (χ3n) is 2.52. The van der Waals surface area contributed by atoms with Crippen LogP contribution in [0.1, 0.15) is 21.5 Å². The Bertz CT molecular complexity index is 562. The van der Waals surface area contributed by atoms with Crippen molar-refractivity contribution < 1.29 is 9.18 Å². The molecule has 4 heteroatoms. The van der Waals surface area contributed by atoms with Crippen LogP contribution in [0.4, 0.5) is 4.39 Å². The first-order chi connectivity index (χ1) is 8.08. The average molecular weight is 313 g/mol. The van der Waals surface area contributed by atoms with Crippen molar-refractivity contribution in [2.24, 2.45) is 0 Å². The van der Waals surface area contributed by atoms with Crippen molar-refractivity contribution in [3.05, 3.63) is 55.9 Å². The molecule has 0 aliphatic rings. The van der Waals surface area contributed by atoms with Crippen molar-refractivity contribution in [1.82, 2.24) is 0 Å². The molecule has 88 valence electrons. The lowest BCUT2D eigenvalue weighted by atomic mass is 10.0. The molecule has 0 aliphatic carbocycles. The molecular formula is C13H10BrFOS. The van der Waals surface area contributed by atoms with Gasteiger partial charge in [0, 0.05) is 21.8 Å². The van der Waals surface area contributed by atoms with Gasteiger partial charge in [0.05, 0.1) is 0 Å². The van der Waals surface area contributed by atoms with E-state index in [1.165, 1.54) is 23.5 Å². The molecule has 1 nitrogen and oxygen atoms in total. The van der Waals surface area contributed by atoms with Crippen molar-refractivity contribution in [2.75, 3.05) is 0 Å². The third-order valence-corrected chi connectivity index (χ3v) is 4.12. The van der Waals surface area contributed by atoms with Gasteiger partial charge >= 0.3 is 0 Å². The van der Waals surface area contributed by atoms with E-state index in [1.54, 1.807) is 6.07 Å². The summed E-state index contributed by atoms with van der Waals surface area (Å²) < 4.78 is 13.5. The molecule has 0 bridgehead atoms. The molecule has 0 fully saturated rings. The minimum absolute atomic E-state index is 0.0658. The lowest BCUT2D eigenvalue weighted by Crippen LogP contribution is -2.04. The second-order valence-corrected chi connectivity index (χ2v) is 5.40. The van der Waals surface area contributed by atoms with Gasteiger partial charge in [-0.2, -0.15) is 11.3 Å². The molecule has 0 unspecified atom stereocenters. The van der Waals surface area contributed by atoms with Crippen molar-refractivity contribution in [3.63, 3.8) is 0 Å². The van der Waals surface area contributed by atoms with Crippen LogP contribution in [0.25, 0.3) is 0 Å². The summed E-state index contributed by atoms with van der Waals surface area (Å²) in [6, 6.07) is 4.38. The summed E-state index contributed by atoms with van der Waals surface area (Å²) >= 11 is 4.79. The number of halogens is 2. The fourth-order valence-electron chi connectivity index (χ4n) is 1.58. The molecule has 2 rings (SSSR count). The van der Waals surface area contributed by atoms with Gasteiger partial charge in [0.25, 0.3) is 0 Å². The highest BCUT2D eigenvalue weighted by molar-refractivity contribution is 9.10. The van der Waals surface area contributed by atoms with Gasteiger partial charge in [-0.3, -0.25) is 4.79 Å². The molecular weight excluding hydrogens is 303 g/mol. The van der Waals surface area contributed by atoms with Gasteiger partial charge in [0.1, 0.15) is 5.82 Å². The van der Waals surface area contributed by atoms with Gasteiger partial charge in [-0.15, -0.1) is 0 Å². The second kappa shape index (κ2) is 5.10. The highest BCUT2D eigenvalue weighted by Gasteiger charge is 2.12. The molecule has 0 atom stereocenters. The number of rotatable bonds is 3. The maximum atomic E-state index is 12.9. The molecule has 1 heterocycles. The first kappa shape index (κ1) is 12.5. The smallest absolute Gasteiger partial charge is 0.168 e. The van der Waals surface area contributed by atoms with Gasteiger partial charge in [-0.1, -0.05) is 22.0 Å². The van der Waals surface area contributed by atoms with Crippen molar-refractivity contribution in [1.29, 1.82) is 0 Å². The lowest BCUT2D eigenvalue weighted by molar-refractivity contribution is 0.0992. The van der Waals surface area contributed by atoms with Gasteiger partial charge < -0.3 is 0 Å². The Kier molecular flexibility index (Phi) is 3.74. The first-order valence-electron chi connectivity index (χ1n) is 5.08. The summed E-state index contributed by atoms with van der Waals surface area (Å²) in [5.74, 6) is -0.240. The van der Waals surface area contributed by atoms with E-state index in [9.17, 15) is 9.18 Å². The minimum Gasteiger partial charge on any atom is -0.294 e. The van der Waals surface area contributed by atoms with Crippen LogP contribution < -0.4 is 0 Å². The number of thiophene rings is 1. The minimum atomic E-state index is -0.306. The van der Waals surface area contributed by atoms with Crippen LogP contribution in [0.2, 0.25) is 0 Å². The summed E-state index contributed by atoms with van der Waals surface area (Å²) in [5.41, 5.74) is 2.56. The quantitative estimate of drug-likeness (QED) is 0.768. The van der Waals surface area contributed by atoms with E-state index in [1.807, 2.05) is 17.7 Å². The molecule has 1 aromatic heterocycles. The zero-order valence-electron chi connectivity index (χ0n) is 9.17. The van der Waals surface area contributed by atoms with E-state index in [0.717, 1.165) is 16.7 Å². The van der Waals surface area contributed by atoms with Crippen LogP contribution in [-0.2, 0) is 6.42 Å². The zero-order valence-corrected chi connectivity index (χ0v) is 11.6. The fourth-order valence-corrected chi connectivity index (χ4v) is 2.92. The van der Waals surface area contributed by atoms with Crippen LogP contribution in [0.3, 0.4) is 0 Å². The highest BCUT2D eigenvalue weighted by Crippen LogP contribution is 2.22. The molecule has 2 aromatic rings. The maximum Gasteiger partial charge on any atom is 0.168 e. The highest BCUT2D eigenvalue weighted by atomic mass is 79.9. The van der Waals surface area contributed by atoms with Gasteiger partial charge in [0.15, 0.2) is 5.78 Å². The summed E-state index contributed by atoms with van der Waals surface area (Å²) in [6.45, 7) is 1.92. The van der Waals surface area contributed by atoms with Crippen LogP contribution in [0, 0.1) is 12.7 Å². The molecule has 0 radical (unpaired) electrons. The zero-order chi connectivity index (χ0) is 12.4. The Labute approximate surface area is 111 Å². The largest absolute Gasteiger partial charge is 0.294 e. The Morgan fingerprint density at radius 3 is 2.76 bits per heavy atom. The fraction of sp³-hybridized carbons (Fsp3) is 0.154. The molecule has 0 amide bonds. The standard InChI is InChI=1S/C13H10BrFOS/c1-8-6-17-7-11(8)13(16)4-9-2-3-10(15)5-12(9)14/h2-3,5-7H,4H2,1H3. The van der Waals surface area contributed by atoms with Crippen LogP contribution in [0.15, 0.2) is 33.4 Å². The van der Waals surface area contributed by atoms with E-state index >= 15 is 0 Å².